The Kier molecular flexibility index (Phi) is 7.22. The molecular formula is C17H23NO7. The molecule has 0 aromatic heterocycles. The van der Waals surface area contributed by atoms with Gasteiger partial charge in [-0.1, -0.05) is 0 Å². The van der Waals surface area contributed by atoms with E-state index in [1.807, 2.05) is 0 Å². The zero-order chi connectivity index (χ0) is 19.0. The summed E-state index contributed by atoms with van der Waals surface area (Å²) in [4.78, 5) is 34.8. The van der Waals surface area contributed by atoms with Crippen molar-refractivity contribution >= 4 is 17.8 Å². The number of nitrogens with one attached hydrogen (secondary N) is 1. The van der Waals surface area contributed by atoms with Crippen LogP contribution in [0.5, 0.6) is 11.5 Å². The van der Waals surface area contributed by atoms with Gasteiger partial charge in [-0.05, 0) is 39.8 Å². The lowest BCUT2D eigenvalue weighted by Gasteiger charge is -2.19. The molecule has 1 amide bonds. The van der Waals surface area contributed by atoms with Gasteiger partial charge in [0.25, 0.3) is 0 Å². The van der Waals surface area contributed by atoms with E-state index in [1.54, 1.807) is 27.7 Å². The van der Waals surface area contributed by atoms with Crippen LogP contribution in [0.2, 0.25) is 0 Å². The van der Waals surface area contributed by atoms with Crippen LogP contribution < -0.4 is 10.1 Å². The monoisotopic (exact) mass is 353 g/mol. The number of carbonyl (C=O) groups excluding carboxylic acids is 3. The van der Waals surface area contributed by atoms with E-state index in [0.717, 1.165) is 0 Å². The Labute approximate surface area is 146 Å². The minimum Gasteiger partial charge on any atom is -0.507 e. The molecule has 0 spiro atoms. The molecule has 0 saturated carbocycles. The zero-order valence-corrected chi connectivity index (χ0v) is 14.8. The second kappa shape index (κ2) is 8.91. The van der Waals surface area contributed by atoms with E-state index in [-0.39, 0.29) is 36.8 Å². The number of hydrogen-bond donors (Lipinski definition) is 2. The number of ketones is 1. The standard InChI is InChI=1S/C17H23NO7/c1-5-23-15(21)10-24-11-6-7-12(13(19)8-11)14(20)9-18-16(22)25-17(2,3)4/h6-8,19H,5,9-10H2,1-4H3,(H,18,22). The van der Waals surface area contributed by atoms with E-state index in [4.69, 9.17) is 14.2 Å². The number of hydrogen-bond acceptors (Lipinski definition) is 7. The minimum atomic E-state index is -0.727. The van der Waals surface area contributed by atoms with Crippen molar-refractivity contribution in [2.75, 3.05) is 19.8 Å². The predicted molar refractivity (Wildman–Crippen MR) is 88.8 cm³/mol. The summed E-state index contributed by atoms with van der Waals surface area (Å²) in [6, 6.07) is 3.98. The van der Waals surface area contributed by atoms with Gasteiger partial charge in [0, 0.05) is 6.07 Å². The van der Waals surface area contributed by atoms with Crippen molar-refractivity contribution in [2.24, 2.45) is 0 Å². The zero-order valence-electron chi connectivity index (χ0n) is 14.8. The first-order valence-electron chi connectivity index (χ1n) is 7.74. The van der Waals surface area contributed by atoms with Crippen LogP contribution in [0.25, 0.3) is 0 Å². The molecule has 0 aliphatic rings. The Morgan fingerprint density at radius 2 is 1.88 bits per heavy atom. The summed E-state index contributed by atoms with van der Waals surface area (Å²) in [7, 11) is 0. The Balaban J connectivity index is 2.59. The largest absolute Gasteiger partial charge is 0.507 e. The van der Waals surface area contributed by atoms with Crippen molar-refractivity contribution in [1.29, 1.82) is 0 Å². The fourth-order valence-corrected chi connectivity index (χ4v) is 1.74. The third-order valence-electron chi connectivity index (χ3n) is 2.72. The van der Waals surface area contributed by atoms with Gasteiger partial charge in [-0.15, -0.1) is 0 Å². The van der Waals surface area contributed by atoms with E-state index >= 15 is 0 Å². The number of rotatable bonds is 7. The number of phenolic OH excluding ortho intramolecular Hbond substituents is 1. The normalized spacial score (nSPS) is 10.7. The van der Waals surface area contributed by atoms with Gasteiger partial charge >= 0.3 is 12.1 Å². The van der Waals surface area contributed by atoms with Crippen LogP contribution in [-0.4, -0.2) is 48.3 Å². The number of ether oxygens (including phenoxy) is 3. The quantitative estimate of drug-likeness (QED) is 0.570. The molecular weight excluding hydrogens is 330 g/mol. The Morgan fingerprint density at radius 1 is 1.20 bits per heavy atom. The molecule has 0 saturated heterocycles. The number of benzene rings is 1. The second-order valence-corrected chi connectivity index (χ2v) is 6.05. The number of amides is 1. The molecule has 0 radical (unpaired) electrons. The fraction of sp³-hybridized carbons (Fsp3) is 0.471. The summed E-state index contributed by atoms with van der Waals surface area (Å²) in [5, 5.41) is 12.2. The first kappa shape index (κ1) is 20.3. The van der Waals surface area contributed by atoms with Gasteiger partial charge < -0.3 is 24.6 Å². The highest BCUT2D eigenvalue weighted by atomic mass is 16.6. The highest BCUT2D eigenvalue weighted by Crippen LogP contribution is 2.24. The highest BCUT2D eigenvalue weighted by molar-refractivity contribution is 6.01. The topological polar surface area (TPSA) is 111 Å². The lowest BCUT2D eigenvalue weighted by atomic mass is 10.1. The van der Waals surface area contributed by atoms with Crippen LogP contribution >= 0.6 is 0 Å². The molecule has 0 aliphatic heterocycles. The molecule has 0 heterocycles. The third-order valence-corrected chi connectivity index (χ3v) is 2.72. The number of alkyl carbamates (subject to hydrolysis) is 1. The van der Waals surface area contributed by atoms with Crippen molar-refractivity contribution in [3.05, 3.63) is 23.8 Å². The molecule has 8 heteroatoms. The van der Waals surface area contributed by atoms with E-state index in [9.17, 15) is 19.5 Å². The average molecular weight is 353 g/mol. The molecule has 0 bridgehead atoms. The average Bonchev–Trinajstić information content (AvgIpc) is 2.49. The maximum Gasteiger partial charge on any atom is 0.408 e. The van der Waals surface area contributed by atoms with E-state index in [2.05, 4.69) is 5.32 Å². The lowest BCUT2D eigenvalue weighted by Crippen LogP contribution is -2.35. The number of Topliss-reactive ketones (excluding diaryl/α,β-unsaturated/α-hetero) is 1. The summed E-state index contributed by atoms with van der Waals surface area (Å²) in [6.45, 7) is 6.40. The molecule has 0 aliphatic carbocycles. The molecule has 8 nitrogen and oxygen atoms in total. The molecule has 2 N–H and O–H groups in total. The van der Waals surface area contributed by atoms with Gasteiger partial charge in [-0.2, -0.15) is 0 Å². The predicted octanol–water partition coefficient (Wildman–Crippen LogP) is 2.04. The van der Waals surface area contributed by atoms with Crippen molar-refractivity contribution < 1.29 is 33.7 Å². The number of carbonyl (C=O) groups is 3. The molecule has 1 rings (SSSR count). The number of phenols is 1. The van der Waals surface area contributed by atoms with Crippen LogP contribution in [0.15, 0.2) is 18.2 Å². The second-order valence-electron chi connectivity index (χ2n) is 6.05. The van der Waals surface area contributed by atoms with Crippen molar-refractivity contribution in [3.8, 4) is 11.5 Å². The maximum absolute atomic E-state index is 12.1. The molecule has 0 unspecified atom stereocenters. The van der Waals surface area contributed by atoms with E-state index in [1.165, 1.54) is 18.2 Å². The van der Waals surface area contributed by atoms with Gasteiger partial charge in [0.2, 0.25) is 0 Å². The third kappa shape index (κ3) is 7.56. The van der Waals surface area contributed by atoms with Crippen LogP contribution in [-0.2, 0) is 14.3 Å². The summed E-state index contributed by atoms with van der Waals surface area (Å²) in [5.74, 6) is -1.15. The van der Waals surface area contributed by atoms with Crippen LogP contribution in [0.4, 0.5) is 4.79 Å². The van der Waals surface area contributed by atoms with E-state index < -0.39 is 23.4 Å². The first-order valence-corrected chi connectivity index (χ1v) is 7.74. The van der Waals surface area contributed by atoms with Gasteiger partial charge in [-0.3, -0.25) is 4.79 Å². The van der Waals surface area contributed by atoms with Crippen LogP contribution in [0, 0.1) is 0 Å². The summed E-state index contributed by atoms with van der Waals surface area (Å²) < 4.78 is 14.9. The minimum absolute atomic E-state index is 0.0135. The smallest absolute Gasteiger partial charge is 0.408 e. The summed E-state index contributed by atoms with van der Waals surface area (Å²) >= 11 is 0. The molecule has 1 aromatic rings. The van der Waals surface area contributed by atoms with Gasteiger partial charge in [-0.25, -0.2) is 9.59 Å². The Bertz CT molecular complexity index is 634. The number of aromatic hydroxyl groups is 1. The van der Waals surface area contributed by atoms with Gasteiger partial charge in [0.05, 0.1) is 18.7 Å². The molecule has 0 fully saturated rings. The number of esters is 1. The molecule has 138 valence electrons. The maximum atomic E-state index is 12.1. The highest BCUT2D eigenvalue weighted by Gasteiger charge is 2.18. The molecule has 1 aromatic carbocycles. The fourth-order valence-electron chi connectivity index (χ4n) is 1.74. The first-order chi connectivity index (χ1) is 11.6. The van der Waals surface area contributed by atoms with Crippen LogP contribution in [0.1, 0.15) is 38.1 Å². The summed E-state index contributed by atoms with van der Waals surface area (Å²) in [5.41, 5.74) is -0.660. The van der Waals surface area contributed by atoms with E-state index in [0.29, 0.717) is 0 Å². The molecule has 0 atom stereocenters. The van der Waals surface area contributed by atoms with Crippen molar-refractivity contribution in [1.82, 2.24) is 5.32 Å². The van der Waals surface area contributed by atoms with Gasteiger partial charge in [0.1, 0.15) is 17.1 Å². The van der Waals surface area contributed by atoms with Crippen molar-refractivity contribution in [3.63, 3.8) is 0 Å². The Morgan fingerprint density at radius 3 is 2.44 bits per heavy atom. The lowest BCUT2D eigenvalue weighted by molar-refractivity contribution is -0.145. The Hall–Kier alpha value is -2.77. The molecule has 25 heavy (non-hydrogen) atoms. The van der Waals surface area contributed by atoms with Crippen molar-refractivity contribution in [2.45, 2.75) is 33.3 Å². The van der Waals surface area contributed by atoms with Gasteiger partial charge in [0.15, 0.2) is 12.4 Å². The SMILES string of the molecule is CCOC(=O)COc1ccc(C(=O)CNC(=O)OC(C)(C)C)c(O)c1. The van der Waals surface area contributed by atoms with Crippen LogP contribution in [0.3, 0.4) is 0 Å². The summed E-state index contributed by atoms with van der Waals surface area (Å²) in [6.07, 6.45) is -0.727.